The minimum absolute atomic E-state index is 0.0297. The minimum Gasteiger partial charge on any atom is -0.504 e. The van der Waals surface area contributed by atoms with Crippen LogP contribution in [-0.2, 0) is 25.7 Å². The maximum absolute atomic E-state index is 15.3. The predicted molar refractivity (Wildman–Crippen MR) is 188 cm³/mol. The van der Waals surface area contributed by atoms with Crippen LogP contribution >= 0.6 is 23.2 Å². The number of methoxy groups -OCH3 is 1. The van der Waals surface area contributed by atoms with Gasteiger partial charge in [0, 0.05) is 31.6 Å². The topological polar surface area (TPSA) is 107 Å². The Hall–Kier alpha value is -4.53. The lowest BCUT2D eigenvalue weighted by Crippen LogP contribution is -2.60. The molecule has 4 amide bonds. The van der Waals surface area contributed by atoms with Crippen molar-refractivity contribution in [1.82, 2.24) is 9.80 Å². The lowest BCUT2D eigenvalue weighted by molar-refractivity contribution is -0.144. The molecule has 3 saturated heterocycles. The normalized spacial score (nSPS) is 29.7. The lowest BCUT2D eigenvalue weighted by atomic mass is 9.56. The van der Waals surface area contributed by atoms with Crippen LogP contribution in [0.2, 0.25) is 0 Å². The summed E-state index contributed by atoms with van der Waals surface area (Å²) in [6, 6.07) is 13.3. The third-order valence-electron chi connectivity index (χ3n) is 12.0. The van der Waals surface area contributed by atoms with E-state index in [9.17, 15) is 37.5 Å². The number of hydrogen-bond donors (Lipinski definition) is 1. The van der Waals surface area contributed by atoms with Gasteiger partial charge in [0.15, 0.2) is 44.5 Å². The van der Waals surface area contributed by atoms with E-state index in [1.54, 1.807) is 6.08 Å². The van der Waals surface area contributed by atoms with Crippen LogP contribution in [-0.4, -0.2) is 74.5 Å². The number of fused-ring (bicyclic) bond motifs is 4. The molecule has 0 bridgehead atoms. The zero-order valence-electron chi connectivity index (χ0n) is 29.0. The fourth-order valence-corrected chi connectivity index (χ4v) is 10.3. The van der Waals surface area contributed by atoms with Crippen LogP contribution in [0, 0.1) is 46.8 Å². The van der Waals surface area contributed by atoms with E-state index in [4.69, 9.17) is 27.9 Å². The number of phenolic OH excluding ortho intramolecular Hbond substituents is 1. The molecule has 16 heteroatoms. The van der Waals surface area contributed by atoms with Crippen LogP contribution in [0.5, 0.6) is 11.5 Å². The molecule has 8 rings (SSSR count). The van der Waals surface area contributed by atoms with Gasteiger partial charge in [-0.05, 0) is 54.9 Å². The van der Waals surface area contributed by atoms with Gasteiger partial charge in [0.25, 0.3) is 11.8 Å². The van der Waals surface area contributed by atoms with Gasteiger partial charge in [0.05, 0.1) is 18.9 Å². The number of anilines is 1. The fourth-order valence-electron chi connectivity index (χ4n) is 9.38. The van der Waals surface area contributed by atoms with Crippen LogP contribution in [0.4, 0.5) is 27.6 Å². The molecule has 0 radical (unpaired) electrons. The molecular formula is C39H32Cl2F5N3O6. The first kappa shape index (κ1) is 37.4. The van der Waals surface area contributed by atoms with Crippen molar-refractivity contribution in [3.8, 4) is 11.5 Å². The van der Waals surface area contributed by atoms with Crippen LogP contribution in [0.1, 0.15) is 42.7 Å². The van der Waals surface area contributed by atoms with Crippen molar-refractivity contribution in [2.24, 2.45) is 17.8 Å². The first-order valence-corrected chi connectivity index (χ1v) is 18.4. The van der Waals surface area contributed by atoms with Gasteiger partial charge in [-0.15, -0.1) is 23.2 Å². The van der Waals surface area contributed by atoms with Gasteiger partial charge in [0.1, 0.15) is 5.69 Å². The Balaban J connectivity index is 1.19. The van der Waals surface area contributed by atoms with E-state index < -0.39 is 104 Å². The number of nitrogens with zero attached hydrogens (tertiary/aromatic N) is 3. The summed E-state index contributed by atoms with van der Waals surface area (Å²) in [4.78, 5) is 55.5. The van der Waals surface area contributed by atoms with Crippen molar-refractivity contribution in [3.63, 3.8) is 0 Å². The lowest BCUT2D eigenvalue weighted by Gasteiger charge is -2.50. The van der Waals surface area contributed by atoms with Gasteiger partial charge in [-0.25, -0.2) is 26.9 Å². The molecule has 1 saturated carbocycles. The Labute approximate surface area is 321 Å². The number of rotatable bonds is 6. The molecule has 3 aromatic carbocycles. The highest BCUT2D eigenvalue weighted by atomic mass is 35.5. The highest BCUT2D eigenvalue weighted by Crippen LogP contribution is 2.66. The van der Waals surface area contributed by atoms with E-state index in [-0.39, 0.29) is 28.4 Å². The molecule has 3 aromatic rings. The standard InChI is InChI=1S/C39H32Cl2F5N3O6/c1-55-25-15-19(7-10-24(25)50)27-21-8-9-22-26(35(52)48(34(22)51)20-11-13-47(14-12-20)17-18-5-3-2-4-6-18)23(21)16-38(40)36(53)49(37(54)39(27,38)41)33-31(45)29(43)28(42)30(44)32(33)46/h2-8,10,15,20,22-23,26-27,50H,9,11-14,16-17H2,1H3. The van der Waals surface area contributed by atoms with E-state index in [1.165, 1.54) is 30.2 Å². The second-order valence-corrected chi connectivity index (χ2v) is 15.9. The molecule has 3 aliphatic heterocycles. The van der Waals surface area contributed by atoms with Crippen molar-refractivity contribution in [1.29, 1.82) is 0 Å². The zero-order valence-corrected chi connectivity index (χ0v) is 30.5. The number of piperidine rings is 1. The Morgan fingerprint density at radius 3 is 2.11 bits per heavy atom. The van der Waals surface area contributed by atoms with Gasteiger partial charge in [0.2, 0.25) is 17.6 Å². The molecule has 0 aromatic heterocycles. The molecule has 9 nitrogen and oxygen atoms in total. The number of likely N-dealkylation sites (tertiary alicyclic amines) is 2. The van der Waals surface area contributed by atoms with Crippen molar-refractivity contribution in [2.45, 2.75) is 53.9 Å². The van der Waals surface area contributed by atoms with Crippen LogP contribution in [0.3, 0.4) is 0 Å². The summed E-state index contributed by atoms with van der Waals surface area (Å²) in [6.45, 7) is 1.94. The number of carbonyl (C=O) groups is 4. The number of amides is 4. The summed E-state index contributed by atoms with van der Waals surface area (Å²) in [7, 11) is 1.24. The number of hydrogen-bond acceptors (Lipinski definition) is 7. The van der Waals surface area contributed by atoms with Crippen molar-refractivity contribution in [3.05, 3.63) is 100 Å². The number of ether oxygens (including phenoxy) is 1. The van der Waals surface area contributed by atoms with Gasteiger partial charge in [-0.3, -0.25) is 29.0 Å². The number of alkyl halides is 2. The summed E-state index contributed by atoms with van der Waals surface area (Å²) >= 11 is 14.4. The molecule has 6 unspecified atom stereocenters. The Morgan fingerprint density at radius 2 is 1.47 bits per heavy atom. The molecule has 288 valence electrons. The van der Waals surface area contributed by atoms with Gasteiger partial charge in [-0.1, -0.05) is 48.0 Å². The number of imide groups is 2. The highest BCUT2D eigenvalue weighted by Gasteiger charge is 2.77. The molecule has 1 N–H and O–H groups in total. The average molecular weight is 805 g/mol. The van der Waals surface area contributed by atoms with E-state index in [2.05, 4.69) is 4.90 Å². The summed E-state index contributed by atoms with van der Waals surface area (Å²) < 4.78 is 79.0. The number of allylic oxidation sites excluding steroid dienone is 2. The number of phenols is 1. The second kappa shape index (κ2) is 13.3. The molecule has 4 fully saturated rings. The Bertz CT molecular complexity index is 2170. The Morgan fingerprint density at radius 1 is 0.836 bits per heavy atom. The predicted octanol–water partition coefficient (Wildman–Crippen LogP) is 6.32. The van der Waals surface area contributed by atoms with Crippen LogP contribution in [0.25, 0.3) is 0 Å². The SMILES string of the molecule is COc1cc(C2C3=CCC4C(=O)N(C5CCN(Cc6ccccc6)CC5)C(=O)C4C3CC3(Cl)C(=O)N(c4c(F)c(F)c(F)c(F)c4F)C(=O)C23Cl)ccc1O. The van der Waals surface area contributed by atoms with E-state index >= 15 is 8.78 Å². The second-order valence-electron chi connectivity index (χ2n) is 14.7. The van der Waals surface area contributed by atoms with Gasteiger partial charge < -0.3 is 9.84 Å². The molecule has 6 atom stereocenters. The fraction of sp³-hybridized carbons (Fsp3) is 0.385. The summed E-state index contributed by atoms with van der Waals surface area (Å²) in [6.07, 6.45) is 2.08. The molecule has 0 spiro atoms. The summed E-state index contributed by atoms with van der Waals surface area (Å²) in [5.74, 6) is -21.2. The van der Waals surface area contributed by atoms with Crippen molar-refractivity contribution in [2.75, 3.05) is 25.1 Å². The van der Waals surface area contributed by atoms with E-state index in [0.717, 1.165) is 5.56 Å². The largest absolute Gasteiger partial charge is 0.504 e. The van der Waals surface area contributed by atoms with Gasteiger partial charge >= 0.3 is 0 Å². The highest BCUT2D eigenvalue weighted by molar-refractivity contribution is 6.58. The summed E-state index contributed by atoms with van der Waals surface area (Å²) in [5, 5.41) is 10.4. The zero-order chi connectivity index (χ0) is 39.3. The van der Waals surface area contributed by atoms with Gasteiger partial charge in [-0.2, -0.15) is 0 Å². The monoisotopic (exact) mass is 803 g/mol. The number of benzene rings is 3. The smallest absolute Gasteiger partial charge is 0.258 e. The first-order chi connectivity index (χ1) is 26.1. The van der Waals surface area contributed by atoms with Crippen LogP contribution < -0.4 is 9.64 Å². The first-order valence-electron chi connectivity index (χ1n) is 17.6. The third-order valence-corrected chi connectivity index (χ3v) is 13.4. The maximum Gasteiger partial charge on any atom is 0.258 e. The van der Waals surface area contributed by atoms with E-state index in [1.807, 2.05) is 30.3 Å². The molecule has 2 aliphatic carbocycles. The molecule has 3 heterocycles. The van der Waals surface area contributed by atoms with E-state index in [0.29, 0.717) is 38.0 Å². The number of halogens is 7. The minimum atomic E-state index is -2.68. The van der Waals surface area contributed by atoms with Crippen molar-refractivity contribution < 1.29 is 51.0 Å². The van der Waals surface area contributed by atoms with Crippen molar-refractivity contribution >= 4 is 52.5 Å². The average Bonchev–Trinajstić information content (AvgIpc) is 3.52. The molecular weight excluding hydrogens is 772 g/mol. The summed E-state index contributed by atoms with van der Waals surface area (Å²) in [5.41, 5.74) is -0.305. The molecule has 55 heavy (non-hydrogen) atoms. The maximum atomic E-state index is 15.3. The Kier molecular flexibility index (Phi) is 9.05. The van der Waals surface area contributed by atoms with Crippen LogP contribution in [0.15, 0.2) is 60.2 Å². The quantitative estimate of drug-likeness (QED) is 0.0777. The molecule has 5 aliphatic rings. The number of carbonyl (C=O) groups excluding carboxylic acids is 4. The number of aromatic hydroxyl groups is 1. The third kappa shape index (κ3) is 5.27.